The number of ether oxygens (including phenoxy) is 1. The summed E-state index contributed by atoms with van der Waals surface area (Å²) in [6.07, 6.45) is 0.340. The first-order chi connectivity index (χ1) is 11.8. The third-order valence-electron chi connectivity index (χ3n) is 3.74. The van der Waals surface area contributed by atoms with E-state index in [-0.39, 0.29) is 11.6 Å². The van der Waals surface area contributed by atoms with Gasteiger partial charge in [-0.15, -0.1) is 5.10 Å². The first-order valence-corrected chi connectivity index (χ1v) is 7.93. The Morgan fingerprint density at radius 1 is 1.28 bits per heavy atom. The predicted octanol–water partition coefficient (Wildman–Crippen LogP) is 1.81. The maximum Gasteiger partial charge on any atom is 0.326 e. The number of aliphatic carboxylic acids is 1. The van der Waals surface area contributed by atoms with Crippen molar-refractivity contribution in [1.29, 1.82) is 0 Å². The fourth-order valence-electron chi connectivity index (χ4n) is 2.43. The summed E-state index contributed by atoms with van der Waals surface area (Å²) in [5.74, 6) is -0.775. The number of carbonyl (C=O) groups excluding carboxylic acids is 1. The summed E-state index contributed by atoms with van der Waals surface area (Å²) in [5.41, 5.74) is 1.35. The van der Waals surface area contributed by atoms with Gasteiger partial charge in [0.25, 0.3) is 5.91 Å². The largest absolute Gasteiger partial charge is 0.497 e. The van der Waals surface area contributed by atoms with Gasteiger partial charge in [0.15, 0.2) is 5.69 Å². The highest BCUT2D eigenvalue weighted by atomic mass is 16.5. The Balaban J connectivity index is 2.21. The van der Waals surface area contributed by atoms with Crippen molar-refractivity contribution in [2.45, 2.75) is 33.2 Å². The summed E-state index contributed by atoms with van der Waals surface area (Å²) in [5, 5.41) is 19.7. The van der Waals surface area contributed by atoms with Crippen molar-refractivity contribution < 1.29 is 19.4 Å². The Bertz CT molecular complexity index is 753. The van der Waals surface area contributed by atoms with Crippen LogP contribution < -0.4 is 10.1 Å². The Morgan fingerprint density at radius 2 is 1.92 bits per heavy atom. The standard InChI is InChI=1S/C17H22N4O4/c1-10(2)9-14(17(23)24)18-16(22)15-11(3)21(20-19-15)12-5-7-13(25-4)8-6-12/h5-8,10,14H,9H2,1-4H3,(H,18,22)(H,23,24). The lowest BCUT2D eigenvalue weighted by Gasteiger charge is -2.15. The average Bonchev–Trinajstić information content (AvgIpc) is 2.95. The van der Waals surface area contributed by atoms with Crippen molar-refractivity contribution in [3.8, 4) is 11.4 Å². The Morgan fingerprint density at radius 3 is 2.44 bits per heavy atom. The molecule has 8 heteroatoms. The van der Waals surface area contributed by atoms with Gasteiger partial charge in [0.2, 0.25) is 0 Å². The molecule has 134 valence electrons. The van der Waals surface area contributed by atoms with Crippen molar-refractivity contribution >= 4 is 11.9 Å². The summed E-state index contributed by atoms with van der Waals surface area (Å²) >= 11 is 0. The van der Waals surface area contributed by atoms with Crippen LogP contribution in [-0.2, 0) is 4.79 Å². The lowest BCUT2D eigenvalue weighted by molar-refractivity contribution is -0.139. The molecule has 1 unspecified atom stereocenters. The molecule has 0 fully saturated rings. The molecule has 0 aliphatic rings. The van der Waals surface area contributed by atoms with Crippen LogP contribution in [0, 0.1) is 12.8 Å². The second-order valence-electron chi connectivity index (χ2n) is 6.13. The topological polar surface area (TPSA) is 106 Å². The Hall–Kier alpha value is -2.90. The fraction of sp³-hybridized carbons (Fsp3) is 0.412. The summed E-state index contributed by atoms with van der Waals surface area (Å²) in [7, 11) is 1.58. The molecule has 0 bridgehead atoms. The van der Waals surface area contributed by atoms with Crippen LogP contribution in [0.3, 0.4) is 0 Å². The minimum atomic E-state index is -1.07. The lowest BCUT2D eigenvalue weighted by Crippen LogP contribution is -2.42. The molecular weight excluding hydrogens is 324 g/mol. The monoisotopic (exact) mass is 346 g/mol. The molecule has 0 radical (unpaired) electrons. The second-order valence-corrected chi connectivity index (χ2v) is 6.13. The van der Waals surface area contributed by atoms with Gasteiger partial charge in [0, 0.05) is 0 Å². The number of benzene rings is 1. The maximum atomic E-state index is 12.4. The number of nitrogens with one attached hydrogen (secondary N) is 1. The van der Waals surface area contributed by atoms with Gasteiger partial charge < -0.3 is 15.2 Å². The van der Waals surface area contributed by atoms with E-state index in [0.29, 0.717) is 17.9 Å². The van der Waals surface area contributed by atoms with Crippen LogP contribution in [-0.4, -0.2) is 45.1 Å². The van der Waals surface area contributed by atoms with E-state index < -0.39 is 17.9 Å². The molecule has 1 aromatic carbocycles. The number of hydrogen-bond donors (Lipinski definition) is 2. The number of carbonyl (C=O) groups is 2. The van der Waals surface area contributed by atoms with E-state index in [1.165, 1.54) is 4.68 Å². The fourth-order valence-corrected chi connectivity index (χ4v) is 2.43. The van der Waals surface area contributed by atoms with E-state index in [1.807, 2.05) is 13.8 Å². The Labute approximate surface area is 145 Å². The quantitative estimate of drug-likeness (QED) is 0.792. The van der Waals surface area contributed by atoms with Gasteiger partial charge in [-0.1, -0.05) is 19.1 Å². The van der Waals surface area contributed by atoms with Gasteiger partial charge in [-0.25, -0.2) is 9.48 Å². The van der Waals surface area contributed by atoms with Crippen LogP contribution in [0.2, 0.25) is 0 Å². The van der Waals surface area contributed by atoms with E-state index in [1.54, 1.807) is 38.3 Å². The Kier molecular flexibility index (Phi) is 5.74. The van der Waals surface area contributed by atoms with Gasteiger partial charge in [-0.2, -0.15) is 0 Å². The normalized spacial score (nSPS) is 12.0. The van der Waals surface area contributed by atoms with E-state index >= 15 is 0 Å². The van der Waals surface area contributed by atoms with Crippen molar-refractivity contribution in [3.63, 3.8) is 0 Å². The van der Waals surface area contributed by atoms with E-state index in [9.17, 15) is 14.7 Å². The molecule has 25 heavy (non-hydrogen) atoms. The number of aromatic nitrogens is 3. The van der Waals surface area contributed by atoms with E-state index in [4.69, 9.17) is 4.74 Å². The minimum Gasteiger partial charge on any atom is -0.497 e. The smallest absolute Gasteiger partial charge is 0.326 e. The highest BCUT2D eigenvalue weighted by Crippen LogP contribution is 2.17. The molecule has 0 spiro atoms. The van der Waals surface area contributed by atoms with Gasteiger partial charge in [0.05, 0.1) is 18.5 Å². The summed E-state index contributed by atoms with van der Waals surface area (Å²) in [6.45, 7) is 5.50. The van der Waals surface area contributed by atoms with Gasteiger partial charge in [0.1, 0.15) is 11.8 Å². The van der Waals surface area contributed by atoms with Gasteiger partial charge >= 0.3 is 5.97 Å². The SMILES string of the molecule is COc1ccc(-n2nnc(C(=O)NC(CC(C)C)C(=O)O)c2C)cc1. The highest BCUT2D eigenvalue weighted by Gasteiger charge is 2.25. The molecular formula is C17H22N4O4. The van der Waals surface area contributed by atoms with E-state index in [2.05, 4.69) is 15.6 Å². The molecule has 0 aliphatic heterocycles. The third-order valence-corrected chi connectivity index (χ3v) is 3.74. The molecule has 1 amide bonds. The first-order valence-electron chi connectivity index (χ1n) is 7.93. The van der Waals surface area contributed by atoms with Crippen LogP contribution in [0.15, 0.2) is 24.3 Å². The van der Waals surface area contributed by atoms with Crippen LogP contribution >= 0.6 is 0 Å². The first kappa shape index (κ1) is 18.4. The zero-order valence-electron chi connectivity index (χ0n) is 14.7. The summed E-state index contributed by atoms with van der Waals surface area (Å²) in [6, 6.07) is 6.18. The summed E-state index contributed by atoms with van der Waals surface area (Å²) in [4.78, 5) is 23.7. The zero-order valence-corrected chi connectivity index (χ0v) is 14.7. The molecule has 2 N–H and O–H groups in total. The number of carboxylic acid groups (broad SMARTS) is 1. The minimum absolute atomic E-state index is 0.103. The number of nitrogens with zero attached hydrogens (tertiary/aromatic N) is 3. The van der Waals surface area contributed by atoms with Crippen molar-refractivity contribution in [2.24, 2.45) is 5.92 Å². The number of methoxy groups -OCH3 is 1. The second kappa shape index (κ2) is 7.78. The molecule has 1 atom stereocenters. The zero-order chi connectivity index (χ0) is 18.6. The lowest BCUT2D eigenvalue weighted by atomic mass is 10.0. The number of rotatable bonds is 7. The molecule has 8 nitrogen and oxygen atoms in total. The van der Waals surface area contributed by atoms with Gasteiger partial charge in [-0.3, -0.25) is 4.79 Å². The van der Waals surface area contributed by atoms with Crippen LogP contribution in [0.5, 0.6) is 5.75 Å². The molecule has 0 saturated heterocycles. The van der Waals surface area contributed by atoms with Crippen LogP contribution in [0.4, 0.5) is 0 Å². The molecule has 0 aliphatic carbocycles. The van der Waals surface area contributed by atoms with Crippen molar-refractivity contribution in [1.82, 2.24) is 20.3 Å². The average molecular weight is 346 g/mol. The van der Waals surface area contributed by atoms with Crippen molar-refractivity contribution in [2.75, 3.05) is 7.11 Å². The predicted molar refractivity (Wildman–Crippen MR) is 91.0 cm³/mol. The third kappa shape index (κ3) is 4.34. The number of amides is 1. The van der Waals surface area contributed by atoms with E-state index in [0.717, 1.165) is 5.69 Å². The molecule has 2 aromatic rings. The maximum absolute atomic E-state index is 12.4. The van der Waals surface area contributed by atoms with Crippen LogP contribution in [0.1, 0.15) is 36.5 Å². The molecule has 2 rings (SSSR count). The number of hydrogen-bond acceptors (Lipinski definition) is 5. The van der Waals surface area contributed by atoms with Crippen molar-refractivity contribution in [3.05, 3.63) is 35.7 Å². The number of carboxylic acids is 1. The van der Waals surface area contributed by atoms with Crippen LogP contribution in [0.25, 0.3) is 5.69 Å². The highest BCUT2D eigenvalue weighted by molar-refractivity contribution is 5.95. The molecule has 1 heterocycles. The molecule has 1 aromatic heterocycles. The molecule has 0 saturated carbocycles. The summed E-state index contributed by atoms with van der Waals surface area (Å²) < 4.78 is 6.63. The van der Waals surface area contributed by atoms with Gasteiger partial charge in [-0.05, 0) is 43.5 Å².